The van der Waals surface area contributed by atoms with E-state index in [1.54, 1.807) is 43.0 Å². The molecule has 0 spiro atoms. The lowest BCUT2D eigenvalue weighted by Gasteiger charge is -1.97. The number of thioether (sulfide) groups is 1. The van der Waals surface area contributed by atoms with E-state index in [1.807, 2.05) is 0 Å². The monoisotopic (exact) mass is 217 g/mol. The molecule has 0 unspecified atom stereocenters. The third-order valence-electron chi connectivity index (χ3n) is 1.64. The van der Waals surface area contributed by atoms with Crippen LogP contribution in [0.15, 0.2) is 48.1 Å². The van der Waals surface area contributed by atoms with Crippen LogP contribution in [0.4, 0.5) is 0 Å². The predicted molar refractivity (Wildman–Crippen MR) is 56.5 cm³/mol. The van der Waals surface area contributed by atoms with Gasteiger partial charge >= 0.3 is 0 Å². The molecule has 0 fully saturated rings. The van der Waals surface area contributed by atoms with Crippen LogP contribution >= 0.6 is 11.8 Å². The lowest BCUT2D eigenvalue weighted by Crippen LogP contribution is -1.95. The molecule has 0 bridgehead atoms. The molecule has 2 aromatic rings. The van der Waals surface area contributed by atoms with E-state index < -0.39 is 0 Å². The van der Waals surface area contributed by atoms with E-state index in [2.05, 4.69) is 15.0 Å². The summed E-state index contributed by atoms with van der Waals surface area (Å²) in [7, 11) is 0. The van der Waals surface area contributed by atoms with Crippen LogP contribution in [-0.4, -0.2) is 20.1 Å². The summed E-state index contributed by atoms with van der Waals surface area (Å²) in [6, 6.07) is 5.04. The molecule has 0 saturated heterocycles. The Morgan fingerprint density at radius 1 is 1.07 bits per heavy atom. The predicted octanol–water partition coefficient (Wildman–Crippen LogP) is 1.80. The van der Waals surface area contributed by atoms with Gasteiger partial charge in [0.25, 0.3) is 0 Å². The van der Waals surface area contributed by atoms with Gasteiger partial charge in [0, 0.05) is 30.4 Å². The molecular weight excluding hydrogens is 210 g/mol. The average Bonchev–Trinajstić information content (AvgIpc) is 2.31. The highest BCUT2D eigenvalue weighted by atomic mass is 32.2. The lowest BCUT2D eigenvalue weighted by atomic mass is 10.3. The number of rotatable bonds is 2. The molecule has 15 heavy (non-hydrogen) atoms. The largest absolute Gasteiger partial charge is 0.281 e. The van der Waals surface area contributed by atoms with Crippen molar-refractivity contribution in [3.63, 3.8) is 0 Å². The number of nitrogens with zero attached hydrogens (tertiary/aromatic N) is 3. The summed E-state index contributed by atoms with van der Waals surface area (Å²) in [5.41, 5.74) is 0.599. The molecule has 2 heterocycles. The Labute approximate surface area is 90.8 Å². The van der Waals surface area contributed by atoms with Crippen LogP contribution in [0.3, 0.4) is 0 Å². The zero-order valence-electron chi connectivity index (χ0n) is 7.70. The highest BCUT2D eigenvalue weighted by Crippen LogP contribution is 2.17. The number of hydrogen-bond acceptors (Lipinski definition) is 5. The van der Waals surface area contributed by atoms with Crippen LogP contribution < -0.4 is 0 Å². The molecule has 0 aliphatic carbocycles. The van der Waals surface area contributed by atoms with E-state index >= 15 is 0 Å². The van der Waals surface area contributed by atoms with Gasteiger partial charge in [-0.2, -0.15) is 0 Å². The van der Waals surface area contributed by atoms with Gasteiger partial charge < -0.3 is 0 Å². The van der Waals surface area contributed by atoms with E-state index in [0.717, 1.165) is 11.8 Å². The SMILES string of the molecule is O=C(Sc1ncccn1)c1ccncc1. The summed E-state index contributed by atoms with van der Waals surface area (Å²) in [5, 5.41) is 0.378. The summed E-state index contributed by atoms with van der Waals surface area (Å²) in [6.07, 6.45) is 6.38. The van der Waals surface area contributed by atoms with Crippen molar-refractivity contribution in [3.05, 3.63) is 48.5 Å². The minimum Gasteiger partial charge on any atom is -0.281 e. The van der Waals surface area contributed by atoms with Gasteiger partial charge in [-0.1, -0.05) is 0 Å². The first-order valence-corrected chi connectivity index (χ1v) is 5.07. The summed E-state index contributed by atoms with van der Waals surface area (Å²) in [6.45, 7) is 0. The van der Waals surface area contributed by atoms with Crippen LogP contribution in [0.5, 0.6) is 0 Å². The fourth-order valence-electron chi connectivity index (χ4n) is 0.968. The number of aromatic nitrogens is 3. The maximum Gasteiger partial charge on any atom is 0.227 e. The van der Waals surface area contributed by atoms with Crippen molar-refractivity contribution in [1.82, 2.24) is 15.0 Å². The van der Waals surface area contributed by atoms with Gasteiger partial charge in [0.1, 0.15) is 0 Å². The molecule has 2 rings (SSSR count). The highest BCUT2D eigenvalue weighted by Gasteiger charge is 2.08. The first kappa shape index (κ1) is 9.79. The van der Waals surface area contributed by atoms with Gasteiger partial charge in [-0.3, -0.25) is 9.78 Å². The molecule has 0 aliphatic rings. The Bertz CT molecular complexity index is 447. The number of pyridine rings is 1. The number of carbonyl (C=O) groups is 1. The third kappa shape index (κ3) is 2.60. The first-order chi connectivity index (χ1) is 7.36. The second-order valence-corrected chi connectivity index (χ2v) is 3.60. The summed E-state index contributed by atoms with van der Waals surface area (Å²) < 4.78 is 0. The fourth-order valence-corrected chi connectivity index (χ4v) is 1.61. The van der Waals surface area contributed by atoms with Gasteiger partial charge in [-0.25, -0.2) is 9.97 Å². The maximum atomic E-state index is 11.7. The van der Waals surface area contributed by atoms with E-state index in [9.17, 15) is 4.79 Å². The smallest absolute Gasteiger partial charge is 0.227 e. The summed E-state index contributed by atoms with van der Waals surface area (Å²) >= 11 is 1.01. The molecular formula is C10H7N3OS. The lowest BCUT2D eigenvalue weighted by molar-refractivity contribution is 0.108. The molecule has 5 heteroatoms. The molecule has 0 amide bonds. The van der Waals surface area contributed by atoms with Crippen molar-refractivity contribution < 1.29 is 4.79 Å². The number of carbonyl (C=O) groups excluding carboxylic acids is 1. The Balaban J connectivity index is 2.12. The van der Waals surface area contributed by atoms with Gasteiger partial charge in [0.2, 0.25) is 5.12 Å². The summed E-state index contributed by atoms with van der Waals surface area (Å²) in [5.74, 6) is 0. The minimum atomic E-state index is -0.0800. The van der Waals surface area contributed by atoms with Crippen molar-refractivity contribution in [3.8, 4) is 0 Å². The van der Waals surface area contributed by atoms with Gasteiger partial charge in [0.15, 0.2) is 5.16 Å². The topological polar surface area (TPSA) is 55.7 Å². The van der Waals surface area contributed by atoms with Crippen LogP contribution in [0.2, 0.25) is 0 Å². The standard InChI is InChI=1S/C10H7N3OS/c14-9(8-2-6-11-7-3-8)15-10-12-4-1-5-13-10/h1-7H. The van der Waals surface area contributed by atoms with Crippen molar-refractivity contribution in [1.29, 1.82) is 0 Å². The first-order valence-electron chi connectivity index (χ1n) is 4.25. The van der Waals surface area contributed by atoms with Crippen molar-refractivity contribution in [2.24, 2.45) is 0 Å². The third-order valence-corrected chi connectivity index (χ3v) is 2.46. The van der Waals surface area contributed by atoms with Gasteiger partial charge in [-0.05, 0) is 30.0 Å². The zero-order chi connectivity index (χ0) is 10.5. The van der Waals surface area contributed by atoms with Crippen molar-refractivity contribution >= 4 is 16.9 Å². The quantitative estimate of drug-likeness (QED) is 0.567. The Morgan fingerprint density at radius 3 is 2.40 bits per heavy atom. The van der Waals surface area contributed by atoms with Crippen molar-refractivity contribution in [2.45, 2.75) is 5.16 Å². The average molecular weight is 217 g/mol. The van der Waals surface area contributed by atoms with E-state index in [0.29, 0.717) is 10.7 Å². The van der Waals surface area contributed by atoms with Gasteiger partial charge in [-0.15, -0.1) is 0 Å². The van der Waals surface area contributed by atoms with E-state index in [-0.39, 0.29) is 5.12 Å². The van der Waals surface area contributed by atoms with Crippen LogP contribution in [0.1, 0.15) is 10.4 Å². The van der Waals surface area contributed by atoms with Crippen LogP contribution in [0, 0.1) is 0 Å². The molecule has 4 nitrogen and oxygen atoms in total. The maximum absolute atomic E-state index is 11.7. The van der Waals surface area contributed by atoms with Gasteiger partial charge in [0.05, 0.1) is 0 Å². The Kier molecular flexibility index (Phi) is 3.04. The number of hydrogen-bond donors (Lipinski definition) is 0. The molecule has 74 valence electrons. The second-order valence-electron chi connectivity index (χ2n) is 2.66. The normalized spacial score (nSPS) is 9.87. The minimum absolute atomic E-state index is 0.0800. The molecule has 0 radical (unpaired) electrons. The molecule has 0 atom stereocenters. The summed E-state index contributed by atoms with van der Waals surface area (Å²) in [4.78, 5) is 23.4. The zero-order valence-corrected chi connectivity index (χ0v) is 8.52. The molecule has 0 aromatic carbocycles. The van der Waals surface area contributed by atoms with E-state index in [1.165, 1.54) is 0 Å². The van der Waals surface area contributed by atoms with Crippen LogP contribution in [-0.2, 0) is 0 Å². The van der Waals surface area contributed by atoms with Crippen molar-refractivity contribution in [2.75, 3.05) is 0 Å². The molecule has 0 N–H and O–H groups in total. The fraction of sp³-hybridized carbons (Fsp3) is 0. The van der Waals surface area contributed by atoms with Crippen LogP contribution in [0.25, 0.3) is 0 Å². The molecule has 0 saturated carbocycles. The highest BCUT2D eigenvalue weighted by molar-refractivity contribution is 8.14. The second kappa shape index (κ2) is 4.65. The Morgan fingerprint density at radius 2 is 1.73 bits per heavy atom. The Hall–Kier alpha value is -1.75. The van der Waals surface area contributed by atoms with E-state index in [4.69, 9.17) is 0 Å². The molecule has 0 aliphatic heterocycles. The molecule has 2 aromatic heterocycles.